The van der Waals surface area contributed by atoms with E-state index in [1.807, 2.05) is 25.1 Å². The molecule has 178 valence electrons. The highest BCUT2D eigenvalue weighted by Crippen LogP contribution is 2.38. The van der Waals surface area contributed by atoms with E-state index in [-0.39, 0.29) is 35.9 Å². The SMILES string of the molecule is CC(c1cccc(NC(=O)c2ccccc2)c1)N(C)C(=O)/C=C/c1cc2c(cc1[N+](=O)[O-])OCO2. The van der Waals surface area contributed by atoms with Gasteiger partial charge in [0.1, 0.15) is 0 Å². The van der Waals surface area contributed by atoms with Gasteiger partial charge in [-0.25, -0.2) is 0 Å². The van der Waals surface area contributed by atoms with Crippen LogP contribution >= 0.6 is 0 Å². The number of rotatable bonds is 7. The van der Waals surface area contributed by atoms with Crippen LogP contribution in [0.4, 0.5) is 11.4 Å². The van der Waals surface area contributed by atoms with E-state index in [4.69, 9.17) is 9.47 Å². The number of fused-ring (bicyclic) bond motifs is 1. The van der Waals surface area contributed by atoms with Gasteiger partial charge in [-0.2, -0.15) is 0 Å². The molecule has 0 spiro atoms. The summed E-state index contributed by atoms with van der Waals surface area (Å²) in [6.07, 6.45) is 2.67. The minimum Gasteiger partial charge on any atom is -0.454 e. The van der Waals surface area contributed by atoms with E-state index in [0.717, 1.165) is 5.56 Å². The summed E-state index contributed by atoms with van der Waals surface area (Å²) < 4.78 is 10.5. The van der Waals surface area contributed by atoms with Crippen molar-refractivity contribution >= 4 is 29.3 Å². The second-order valence-electron chi connectivity index (χ2n) is 7.93. The molecule has 2 amide bonds. The zero-order valence-electron chi connectivity index (χ0n) is 19.1. The molecule has 9 nitrogen and oxygen atoms in total. The lowest BCUT2D eigenvalue weighted by Gasteiger charge is -2.24. The average molecular weight is 473 g/mol. The predicted molar refractivity (Wildman–Crippen MR) is 130 cm³/mol. The summed E-state index contributed by atoms with van der Waals surface area (Å²) in [5, 5.41) is 14.3. The smallest absolute Gasteiger partial charge is 0.280 e. The van der Waals surface area contributed by atoms with Crippen molar-refractivity contribution < 1.29 is 24.0 Å². The van der Waals surface area contributed by atoms with E-state index in [9.17, 15) is 19.7 Å². The van der Waals surface area contributed by atoms with Gasteiger partial charge < -0.3 is 19.7 Å². The number of benzene rings is 3. The lowest BCUT2D eigenvalue weighted by molar-refractivity contribution is -0.385. The molecular weight excluding hydrogens is 450 g/mol. The van der Waals surface area contributed by atoms with Crippen molar-refractivity contribution in [2.24, 2.45) is 0 Å². The topological polar surface area (TPSA) is 111 Å². The fourth-order valence-electron chi connectivity index (χ4n) is 3.60. The molecule has 0 bridgehead atoms. The number of amides is 2. The molecule has 1 unspecified atom stereocenters. The van der Waals surface area contributed by atoms with Crippen molar-refractivity contribution in [3.63, 3.8) is 0 Å². The maximum atomic E-state index is 12.8. The Labute approximate surface area is 201 Å². The second-order valence-corrected chi connectivity index (χ2v) is 7.93. The van der Waals surface area contributed by atoms with E-state index in [1.165, 1.54) is 29.2 Å². The van der Waals surface area contributed by atoms with Crippen LogP contribution in [0.3, 0.4) is 0 Å². The number of hydrogen-bond donors (Lipinski definition) is 1. The van der Waals surface area contributed by atoms with E-state index in [0.29, 0.717) is 22.7 Å². The van der Waals surface area contributed by atoms with E-state index in [2.05, 4.69) is 5.32 Å². The highest BCUT2D eigenvalue weighted by Gasteiger charge is 2.23. The molecule has 0 radical (unpaired) electrons. The van der Waals surface area contributed by atoms with E-state index < -0.39 is 4.92 Å². The summed E-state index contributed by atoms with van der Waals surface area (Å²) in [5.74, 6) is 0.111. The Kier molecular flexibility index (Phi) is 6.77. The fraction of sp³-hybridized carbons (Fsp3) is 0.154. The van der Waals surface area contributed by atoms with Crippen LogP contribution in [0.1, 0.15) is 34.5 Å². The van der Waals surface area contributed by atoms with Gasteiger partial charge in [0, 0.05) is 24.4 Å². The van der Waals surface area contributed by atoms with Gasteiger partial charge in [-0.3, -0.25) is 19.7 Å². The van der Waals surface area contributed by atoms with Crippen LogP contribution in [0.2, 0.25) is 0 Å². The Hall–Kier alpha value is -4.66. The van der Waals surface area contributed by atoms with Gasteiger partial charge >= 0.3 is 0 Å². The Balaban J connectivity index is 1.47. The molecular formula is C26H23N3O6. The molecule has 0 saturated heterocycles. The van der Waals surface area contributed by atoms with Crippen LogP contribution in [0.15, 0.2) is 72.8 Å². The first-order chi connectivity index (χ1) is 16.8. The molecule has 0 aliphatic carbocycles. The van der Waals surface area contributed by atoms with Gasteiger partial charge in [0.15, 0.2) is 11.5 Å². The first-order valence-electron chi connectivity index (χ1n) is 10.8. The van der Waals surface area contributed by atoms with Crippen molar-refractivity contribution in [3.05, 3.63) is 99.6 Å². The zero-order valence-corrected chi connectivity index (χ0v) is 19.1. The fourth-order valence-corrected chi connectivity index (χ4v) is 3.60. The number of carbonyl (C=O) groups excluding carboxylic acids is 2. The maximum Gasteiger partial charge on any atom is 0.280 e. The number of nitrogens with zero attached hydrogens (tertiary/aromatic N) is 2. The summed E-state index contributed by atoms with van der Waals surface area (Å²) >= 11 is 0. The van der Waals surface area contributed by atoms with Crippen molar-refractivity contribution in [2.45, 2.75) is 13.0 Å². The number of ether oxygens (including phenoxy) is 2. The van der Waals surface area contributed by atoms with E-state index >= 15 is 0 Å². The summed E-state index contributed by atoms with van der Waals surface area (Å²) in [6.45, 7) is 1.84. The third-order valence-corrected chi connectivity index (χ3v) is 5.72. The second kappa shape index (κ2) is 10.1. The van der Waals surface area contributed by atoms with Gasteiger partial charge in [0.05, 0.1) is 22.6 Å². The lowest BCUT2D eigenvalue weighted by atomic mass is 10.1. The molecule has 9 heteroatoms. The third kappa shape index (κ3) is 5.30. The van der Waals surface area contributed by atoms with Gasteiger partial charge in [-0.1, -0.05) is 30.3 Å². The van der Waals surface area contributed by atoms with Crippen molar-refractivity contribution in [1.82, 2.24) is 4.90 Å². The number of likely N-dealkylation sites (N-methyl/N-ethyl adjacent to an activating group) is 1. The molecule has 0 aromatic heterocycles. The minimum atomic E-state index is -0.534. The van der Waals surface area contributed by atoms with Crippen LogP contribution in [-0.4, -0.2) is 35.5 Å². The standard InChI is InChI=1S/C26H23N3O6/c1-17(19-9-6-10-21(13-19)27-26(31)18-7-4-3-5-8-18)28(2)25(30)12-11-20-14-23-24(35-16-34-23)15-22(20)29(32)33/h3-15,17H,16H2,1-2H3,(H,27,31)/b12-11+. The molecule has 3 aromatic carbocycles. The molecule has 3 aromatic rings. The van der Waals surface area contributed by atoms with Gasteiger partial charge in [-0.05, 0) is 48.9 Å². The molecule has 1 atom stereocenters. The zero-order chi connectivity index (χ0) is 24.9. The molecule has 1 N–H and O–H groups in total. The molecule has 1 heterocycles. The first-order valence-corrected chi connectivity index (χ1v) is 10.8. The molecule has 0 fully saturated rings. The monoisotopic (exact) mass is 473 g/mol. The Morgan fingerprint density at radius 3 is 2.49 bits per heavy atom. The van der Waals surface area contributed by atoms with Crippen LogP contribution in [0.5, 0.6) is 11.5 Å². The van der Waals surface area contributed by atoms with Gasteiger partial charge in [-0.15, -0.1) is 0 Å². The van der Waals surface area contributed by atoms with Crippen molar-refractivity contribution in [1.29, 1.82) is 0 Å². The Morgan fingerprint density at radius 1 is 1.06 bits per heavy atom. The van der Waals surface area contributed by atoms with Crippen LogP contribution in [0.25, 0.3) is 6.08 Å². The largest absolute Gasteiger partial charge is 0.454 e. The third-order valence-electron chi connectivity index (χ3n) is 5.72. The Bertz CT molecular complexity index is 1310. The number of nitrogens with one attached hydrogen (secondary N) is 1. The lowest BCUT2D eigenvalue weighted by Crippen LogP contribution is -2.28. The average Bonchev–Trinajstić information content (AvgIpc) is 3.34. The first kappa shape index (κ1) is 23.5. The number of hydrogen-bond acceptors (Lipinski definition) is 6. The van der Waals surface area contributed by atoms with Crippen molar-refractivity contribution in [2.75, 3.05) is 19.2 Å². The predicted octanol–water partition coefficient (Wildman–Crippen LogP) is 4.81. The molecule has 1 aliphatic rings. The summed E-state index contributed by atoms with van der Waals surface area (Å²) in [7, 11) is 1.64. The van der Waals surface area contributed by atoms with Gasteiger partial charge in [0.25, 0.3) is 11.6 Å². The molecule has 1 aliphatic heterocycles. The number of carbonyl (C=O) groups is 2. The normalized spacial score (nSPS) is 12.9. The molecule has 35 heavy (non-hydrogen) atoms. The maximum absolute atomic E-state index is 12.8. The number of nitro groups is 1. The highest BCUT2D eigenvalue weighted by molar-refractivity contribution is 6.04. The van der Waals surface area contributed by atoms with Crippen LogP contribution in [0, 0.1) is 10.1 Å². The number of anilines is 1. The quantitative estimate of drug-likeness (QED) is 0.300. The van der Waals surface area contributed by atoms with Gasteiger partial charge in [0.2, 0.25) is 12.7 Å². The molecule has 4 rings (SSSR count). The summed E-state index contributed by atoms with van der Waals surface area (Å²) in [6, 6.07) is 18.6. The van der Waals surface area contributed by atoms with Crippen LogP contribution in [-0.2, 0) is 4.79 Å². The summed E-state index contributed by atoms with van der Waals surface area (Å²) in [5.41, 5.74) is 2.01. The summed E-state index contributed by atoms with van der Waals surface area (Å²) in [4.78, 5) is 37.7. The van der Waals surface area contributed by atoms with Crippen molar-refractivity contribution in [3.8, 4) is 11.5 Å². The Morgan fingerprint density at radius 2 is 1.77 bits per heavy atom. The number of nitro benzene ring substituents is 1. The highest BCUT2D eigenvalue weighted by atomic mass is 16.7. The van der Waals surface area contributed by atoms with Crippen LogP contribution < -0.4 is 14.8 Å². The molecule has 0 saturated carbocycles. The minimum absolute atomic E-state index is 0.0102. The van der Waals surface area contributed by atoms with E-state index in [1.54, 1.807) is 43.4 Å².